The van der Waals surface area contributed by atoms with Crippen molar-refractivity contribution < 1.29 is 9.53 Å². The Morgan fingerprint density at radius 2 is 2.03 bits per heavy atom. The zero-order valence-electron chi connectivity index (χ0n) is 20.0. The predicted octanol–water partition coefficient (Wildman–Crippen LogP) is 1.90. The van der Waals surface area contributed by atoms with Crippen molar-refractivity contribution in [2.24, 2.45) is 0 Å². The molecule has 1 amide bonds. The van der Waals surface area contributed by atoms with Gasteiger partial charge in [-0.25, -0.2) is 10.1 Å². The zero-order valence-corrected chi connectivity index (χ0v) is 20.8. The molecule has 1 saturated heterocycles. The van der Waals surface area contributed by atoms with E-state index in [4.69, 9.17) is 21.6 Å². The number of anilines is 2. The maximum atomic E-state index is 12.8. The number of ether oxygens (including phenoxy) is 1. The molecule has 0 saturated carbocycles. The first-order valence-electron chi connectivity index (χ1n) is 12.0. The maximum absolute atomic E-state index is 12.8. The number of hydrogen-bond acceptors (Lipinski definition) is 9. The number of rotatable bonds is 7. The Hall–Kier alpha value is -4.01. The Labute approximate surface area is 218 Å². The minimum atomic E-state index is -0.455. The molecule has 2 aliphatic rings. The Balaban J connectivity index is 1.14. The molecule has 1 fully saturated rings. The third kappa shape index (κ3) is 5.26. The normalized spacial score (nSPS) is 17.0. The van der Waals surface area contributed by atoms with Crippen molar-refractivity contribution in [3.05, 3.63) is 75.1 Å². The number of carbonyl (C=O) groups is 1. The molecule has 3 aromatic rings. The molecule has 0 spiro atoms. The lowest BCUT2D eigenvalue weighted by atomic mass is 10.1. The fraction of sp³-hybridized carbons (Fsp3) is 0.360. The topological polar surface area (TPSA) is 131 Å². The first kappa shape index (κ1) is 24.7. The molecule has 11 nitrogen and oxygen atoms in total. The van der Waals surface area contributed by atoms with Gasteiger partial charge in [0, 0.05) is 45.1 Å². The second-order valence-electron chi connectivity index (χ2n) is 8.80. The van der Waals surface area contributed by atoms with E-state index < -0.39 is 5.56 Å². The summed E-state index contributed by atoms with van der Waals surface area (Å²) in [4.78, 5) is 39.5. The number of nitrogens with zero attached hydrogens (tertiary/aromatic N) is 7. The molecule has 1 N–H and O–H groups in total. The van der Waals surface area contributed by atoms with E-state index in [0.717, 1.165) is 17.1 Å². The third-order valence-corrected chi connectivity index (χ3v) is 6.98. The molecule has 0 bridgehead atoms. The summed E-state index contributed by atoms with van der Waals surface area (Å²) in [5.41, 5.74) is 2.47. The monoisotopic (exact) mass is 520 g/mol. The average Bonchev–Trinajstić information content (AvgIpc) is 3.31. The molecule has 12 heteroatoms. The summed E-state index contributed by atoms with van der Waals surface area (Å²) in [7, 11) is 0. The highest BCUT2D eigenvalue weighted by molar-refractivity contribution is 6.33. The molecular formula is C25H25ClN8O3. The van der Waals surface area contributed by atoms with Gasteiger partial charge in [-0.2, -0.15) is 10.4 Å². The van der Waals surface area contributed by atoms with Crippen LogP contribution in [0.15, 0.2) is 47.7 Å². The Bertz CT molecular complexity index is 1370. The van der Waals surface area contributed by atoms with Crippen LogP contribution in [0.3, 0.4) is 0 Å². The van der Waals surface area contributed by atoms with Gasteiger partial charge in [-0.15, -0.1) is 0 Å². The first-order valence-corrected chi connectivity index (χ1v) is 12.3. The molecule has 37 heavy (non-hydrogen) atoms. The molecule has 0 unspecified atom stereocenters. The average molecular weight is 521 g/mol. The smallest absolute Gasteiger partial charge is 0.285 e. The number of hydrogen-bond donors (Lipinski definition) is 1. The van der Waals surface area contributed by atoms with E-state index in [-0.39, 0.29) is 30.0 Å². The lowest BCUT2D eigenvalue weighted by molar-refractivity contribution is -0.132. The molecular weight excluding hydrogens is 496 g/mol. The van der Waals surface area contributed by atoms with Crippen LogP contribution in [0.5, 0.6) is 0 Å². The Morgan fingerprint density at radius 1 is 1.19 bits per heavy atom. The van der Waals surface area contributed by atoms with Gasteiger partial charge < -0.3 is 19.4 Å². The number of amides is 1. The van der Waals surface area contributed by atoms with Crippen LogP contribution in [-0.2, 0) is 16.1 Å². The van der Waals surface area contributed by atoms with Gasteiger partial charge in [0.15, 0.2) is 0 Å². The number of nitrogens with one attached hydrogen (secondary N) is 1. The minimum Gasteiger partial charge on any atom is -0.378 e. The second-order valence-corrected chi connectivity index (χ2v) is 9.18. The number of carbonyl (C=O) groups excluding carboxylic acids is 1. The van der Waals surface area contributed by atoms with Crippen LogP contribution in [0.2, 0.25) is 5.02 Å². The summed E-state index contributed by atoms with van der Waals surface area (Å²) in [5.74, 6) is 0.844. The fourth-order valence-electron chi connectivity index (χ4n) is 4.66. The van der Waals surface area contributed by atoms with E-state index in [0.29, 0.717) is 50.6 Å². The number of H-pyrrole nitrogens is 1. The highest BCUT2D eigenvalue weighted by Crippen LogP contribution is 2.38. The van der Waals surface area contributed by atoms with Crippen molar-refractivity contribution in [1.82, 2.24) is 25.1 Å². The summed E-state index contributed by atoms with van der Waals surface area (Å²) in [6.45, 7) is 3.64. The van der Waals surface area contributed by atoms with Crippen molar-refractivity contribution in [2.45, 2.75) is 19.0 Å². The van der Waals surface area contributed by atoms with E-state index >= 15 is 0 Å². The van der Waals surface area contributed by atoms with Gasteiger partial charge in [0.1, 0.15) is 16.9 Å². The summed E-state index contributed by atoms with van der Waals surface area (Å²) >= 11 is 6.28. The van der Waals surface area contributed by atoms with E-state index in [9.17, 15) is 9.59 Å². The van der Waals surface area contributed by atoms with E-state index in [1.54, 1.807) is 18.5 Å². The molecule has 5 rings (SSSR count). The molecule has 0 aromatic carbocycles. The Kier molecular flexibility index (Phi) is 7.30. The quantitative estimate of drug-likeness (QED) is 0.464. The standard InChI is InChI=1S/C25H25ClN8O3/c26-23-19(14-30-31-25(23)36)34-15-18-2-1-6-28-24(18)20(34)16-37-11-5-22(35)33-9-7-32(8-10-33)21-4-3-17(12-27)13-29-21/h1-4,6,13-14,20H,5,7-11,15-16H2,(H,31,36)/t20-/m0/s1. The fourth-order valence-corrected chi connectivity index (χ4v) is 4.86. The molecule has 1 atom stereocenters. The summed E-state index contributed by atoms with van der Waals surface area (Å²) in [5, 5.41) is 15.2. The van der Waals surface area contributed by atoms with Gasteiger partial charge in [0.25, 0.3) is 5.56 Å². The molecule has 190 valence electrons. The number of nitriles is 1. The number of fused-ring (bicyclic) bond motifs is 1. The highest BCUT2D eigenvalue weighted by atomic mass is 35.5. The van der Waals surface area contributed by atoms with Crippen molar-refractivity contribution in [3.8, 4) is 6.07 Å². The SMILES string of the molecule is N#Cc1ccc(N2CCN(C(=O)CCOC[C@H]3c4ncccc4CN3c3cn[nH]c(=O)c3Cl)CC2)nc1. The van der Waals surface area contributed by atoms with Crippen LogP contribution in [0.4, 0.5) is 11.5 Å². The van der Waals surface area contributed by atoms with Gasteiger partial charge in [-0.05, 0) is 23.8 Å². The number of aromatic nitrogens is 4. The van der Waals surface area contributed by atoms with E-state index in [1.807, 2.05) is 28.0 Å². The van der Waals surface area contributed by atoms with Crippen molar-refractivity contribution in [2.75, 3.05) is 49.2 Å². The third-order valence-electron chi connectivity index (χ3n) is 6.61. The number of piperazine rings is 1. The van der Waals surface area contributed by atoms with Crippen molar-refractivity contribution in [1.29, 1.82) is 5.26 Å². The lowest BCUT2D eigenvalue weighted by Gasteiger charge is -2.35. The van der Waals surface area contributed by atoms with Gasteiger partial charge in [0.2, 0.25) is 5.91 Å². The zero-order chi connectivity index (χ0) is 25.8. The van der Waals surface area contributed by atoms with Gasteiger partial charge in [0.05, 0.1) is 48.8 Å². The van der Waals surface area contributed by atoms with Crippen molar-refractivity contribution >= 4 is 29.0 Å². The predicted molar refractivity (Wildman–Crippen MR) is 136 cm³/mol. The van der Waals surface area contributed by atoms with Crippen LogP contribution in [0.25, 0.3) is 0 Å². The highest BCUT2D eigenvalue weighted by Gasteiger charge is 2.33. The molecule has 0 aliphatic carbocycles. The number of aromatic amines is 1. The summed E-state index contributed by atoms with van der Waals surface area (Å²) < 4.78 is 5.94. The summed E-state index contributed by atoms with van der Waals surface area (Å²) in [6.07, 6.45) is 5.08. The second kappa shape index (κ2) is 10.9. The van der Waals surface area contributed by atoms with Gasteiger partial charge >= 0.3 is 0 Å². The summed E-state index contributed by atoms with van der Waals surface area (Å²) in [6, 6.07) is 9.25. The van der Waals surface area contributed by atoms with Crippen LogP contribution >= 0.6 is 11.6 Å². The largest absolute Gasteiger partial charge is 0.378 e. The first-order chi connectivity index (χ1) is 18.0. The van der Waals surface area contributed by atoms with Crippen LogP contribution in [0, 0.1) is 11.3 Å². The molecule has 2 aliphatic heterocycles. The maximum Gasteiger partial charge on any atom is 0.285 e. The van der Waals surface area contributed by atoms with Gasteiger partial charge in [-0.1, -0.05) is 17.7 Å². The molecule has 3 aromatic heterocycles. The lowest BCUT2D eigenvalue weighted by Crippen LogP contribution is -2.49. The minimum absolute atomic E-state index is 0.0380. The molecule has 5 heterocycles. The van der Waals surface area contributed by atoms with E-state index in [2.05, 4.69) is 31.1 Å². The van der Waals surface area contributed by atoms with Crippen molar-refractivity contribution in [3.63, 3.8) is 0 Å². The van der Waals surface area contributed by atoms with Gasteiger partial charge in [-0.3, -0.25) is 14.6 Å². The van der Waals surface area contributed by atoms with Crippen LogP contribution < -0.4 is 15.4 Å². The Morgan fingerprint density at radius 3 is 2.78 bits per heavy atom. The van der Waals surface area contributed by atoms with Crippen LogP contribution in [-0.4, -0.2) is 70.4 Å². The van der Waals surface area contributed by atoms with Crippen LogP contribution in [0.1, 0.15) is 29.3 Å². The molecule has 0 radical (unpaired) electrons. The number of halogens is 1. The van der Waals surface area contributed by atoms with E-state index in [1.165, 1.54) is 6.20 Å². The number of pyridine rings is 2.